The molecular formula is C13H20N2O. The highest BCUT2D eigenvalue weighted by Gasteiger charge is 2.23. The van der Waals surface area contributed by atoms with Gasteiger partial charge in [-0.05, 0) is 18.1 Å². The molecule has 0 aliphatic rings. The van der Waals surface area contributed by atoms with Gasteiger partial charge in [0.1, 0.15) is 0 Å². The van der Waals surface area contributed by atoms with E-state index in [4.69, 9.17) is 0 Å². The summed E-state index contributed by atoms with van der Waals surface area (Å²) in [5, 5.41) is 3.04. The van der Waals surface area contributed by atoms with Crippen LogP contribution in [0.5, 0.6) is 0 Å². The van der Waals surface area contributed by atoms with E-state index in [2.05, 4.69) is 17.2 Å². The molecule has 1 N–H and O–H groups in total. The smallest absolute Gasteiger partial charge is 0.225 e. The van der Waals surface area contributed by atoms with Crippen LogP contribution < -0.4 is 5.32 Å². The van der Waals surface area contributed by atoms with Crippen LogP contribution in [0.2, 0.25) is 0 Å². The predicted octanol–water partition coefficient (Wildman–Crippen LogP) is 2.70. The number of amides is 1. The molecule has 1 amide bonds. The molecule has 3 nitrogen and oxygen atoms in total. The van der Waals surface area contributed by atoms with Crippen molar-refractivity contribution in [2.45, 2.75) is 40.2 Å². The van der Waals surface area contributed by atoms with Crippen molar-refractivity contribution in [1.82, 2.24) is 10.3 Å². The molecule has 0 aliphatic heterocycles. The van der Waals surface area contributed by atoms with Crippen LogP contribution in [0.15, 0.2) is 24.5 Å². The van der Waals surface area contributed by atoms with Gasteiger partial charge in [0.2, 0.25) is 5.91 Å². The topological polar surface area (TPSA) is 42.0 Å². The SMILES string of the molecule is CC[C@H](NC(=O)C(C)(C)C)c1cccnc1. The first-order chi connectivity index (χ1) is 7.45. The molecule has 88 valence electrons. The summed E-state index contributed by atoms with van der Waals surface area (Å²) in [4.78, 5) is 15.9. The van der Waals surface area contributed by atoms with Crippen molar-refractivity contribution in [3.05, 3.63) is 30.1 Å². The Hall–Kier alpha value is -1.38. The van der Waals surface area contributed by atoms with Crippen molar-refractivity contribution in [1.29, 1.82) is 0 Å². The summed E-state index contributed by atoms with van der Waals surface area (Å²) in [7, 11) is 0. The molecule has 16 heavy (non-hydrogen) atoms. The molecule has 3 heteroatoms. The molecule has 0 saturated carbocycles. The van der Waals surface area contributed by atoms with Gasteiger partial charge in [-0.25, -0.2) is 0 Å². The molecule has 1 heterocycles. The van der Waals surface area contributed by atoms with Crippen LogP contribution in [0, 0.1) is 5.41 Å². The van der Waals surface area contributed by atoms with Gasteiger partial charge in [0.05, 0.1) is 6.04 Å². The highest BCUT2D eigenvalue weighted by molar-refractivity contribution is 5.81. The molecule has 1 rings (SSSR count). The highest BCUT2D eigenvalue weighted by Crippen LogP contribution is 2.19. The maximum absolute atomic E-state index is 11.9. The minimum absolute atomic E-state index is 0.0559. The van der Waals surface area contributed by atoms with E-state index >= 15 is 0 Å². The van der Waals surface area contributed by atoms with Crippen LogP contribution in [0.4, 0.5) is 0 Å². The Morgan fingerprint density at radius 3 is 2.62 bits per heavy atom. The van der Waals surface area contributed by atoms with Gasteiger partial charge in [-0.3, -0.25) is 9.78 Å². The van der Waals surface area contributed by atoms with Crippen molar-refractivity contribution in [2.24, 2.45) is 5.41 Å². The number of carbonyl (C=O) groups excluding carboxylic acids is 1. The second-order valence-electron chi connectivity index (χ2n) is 4.97. The van der Waals surface area contributed by atoms with Crippen molar-refractivity contribution >= 4 is 5.91 Å². The lowest BCUT2D eigenvalue weighted by atomic mass is 9.94. The summed E-state index contributed by atoms with van der Waals surface area (Å²) in [6.45, 7) is 7.80. The fraction of sp³-hybridized carbons (Fsp3) is 0.538. The van der Waals surface area contributed by atoms with Gasteiger partial charge in [-0.15, -0.1) is 0 Å². The Bertz CT molecular complexity index is 341. The standard InChI is InChI=1S/C13H20N2O/c1-5-11(10-7-6-8-14-9-10)15-12(16)13(2,3)4/h6-9,11H,5H2,1-4H3,(H,15,16)/t11-/m0/s1. The average Bonchev–Trinajstić information content (AvgIpc) is 2.25. The van der Waals surface area contributed by atoms with Gasteiger partial charge >= 0.3 is 0 Å². The number of nitrogens with zero attached hydrogens (tertiary/aromatic N) is 1. The van der Waals surface area contributed by atoms with Crippen molar-refractivity contribution in [2.75, 3.05) is 0 Å². The molecule has 0 aliphatic carbocycles. The molecule has 1 atom stereocenters. The van der Waals surface area contributed by atoms with E-state index in [1.807, 2.05) is 32.9 Å². The van der Waals surface area contributed by atoms with Crippen molar-refractivity contribution in [3.8, 4) is 0 Å². The van der Waals surface area contributed by atoms with E-state index in [1.54, 1.807) is 12.4 Å². The fourth-order valence-electron chi connectivity index (χ4n) is 1.38. The van der Waals surface area contributed by atoms with Crippen LogP contribution in [0.25, 0.3) is 0 Å². The van der Waals surface area contributed by atoms with Crippen LogP contribution in [0.3, 0.4) is 0 Å². The van der Waals surface area contributed by atoms with E-state index in [0.717, 1.165) is 12.0 Å². The Kier molecular flexibility index (Phi) is 4.05. The third kappa shape index (κ3) is 3.33. The lowest BCUT2D eigenvalue weighted by Crippen LogP contribution is -2.37. The van der Waals surface area contributed by atoms with E-state index < -0.39 is 0 Å². The zero-order valence-corrected chi connectivity index (χ0v) is 10.4. The number of hydrogen-bond acceptors (Lipinski definition) is 2. The van der Waals surface area contributed by atoms with Crippen molar-refractivity contribution in [3.63, 3.8) is 0 Å². The summed E-state index contributed by atoms with van der Waals surface area (Å²) in [6.07, 6.45) is 4.41. The average molecular weight is 220 g/mol. The van der Waals surface area contributed by atoms with E-state index in [1.165, 1.54) is 0 Å². The summed E-state index contributed by atoms with van der Waals surface area (Å²) in [6, 6.07) is 3.94. The van der Waals surface area contributed by atoms with E-state index in [9.17, 15) is 4.79 Å². The number of nitrogens with one attached hydrogen (secondary N) is 1. The number of hydrogen-bond donors (Lipinski definition) is 1. The molecule has 0 saturated heterocycles. The van der Waals surface area contributed by atoms with E-state index in [-0.39, 0.29) is 17.4 Å². The third-order valence-corrected chi connectivity index (χ3v) is 2.48. The second kappa shape index (κ2) is 5.10. The molecule has 0 unspecified atom stereocenters. The first-order valence-corrected chi connectivity index (χ1v) is 5.66. The molecule has 1 aromatic rings. The Balaban J connectivity index is 2.75. The summed E-state index contributed by atoms with van der Waals surface area (Å²) in [5.41, 5.74) is 0.706. The summed E-state index contributed by atoms with van der Waals surface area (Å²) in [5.74, 6) is 0.0724. The number of aromatic nitrogens is 1. The number of rotatable bonds is 3. The van der Waals surface area contributed by atoms with Crippen molar-refractivity contribution < 1.29 is 4.79 Å². The fourth-order valence-corrected chi connectivity index (χ4v) is 1.38. The van der Waals surface area contributed by atoms with Gasteiger partial charge in [-0.2, -0.15) is 0 Å². The molecule has 0 bridgehead atoms. The van der Waals surface area contributed by atoms with Gasteiger partial charge in [0, 0.05) is 17.8 Å². The molecule has 1 aromatic heterocycles. The minimum Gasteiger partial charge on any atom is -0.349 e. The number of carbonyl (C=O) groups is 1. The van der Waals surface area contributed by atoms with Gasteiger partial charge < -0.3 is 5.32 Å². The second-order valence-corrected chi connectivity index (χ2v) is 4.97. The Labute approximate surface area is 97.3 Å². The van der Waals surface area contributed by atoms with E-state index in [0.29, 0.717) is 0 Å². The first kappa shape index (κ1) is 12.7. The molecule has 0 radical (unpaired) electrons. The maximum atomic E-state index is 11.9. The summed E-state index contributed by atoms with van der Waals surface area (Å²) < 4.78 is 0. The highest BCUT2D eigenvalue weighted by atomic mass is 16.2. The largest absolute Gasteiger partial charge is 0.349 e. The normalized spacial score (nSPS) is 13.2. The van der Waals surface area contributed by atoms with Crippen LogP contribution >= 0.6 is 0 Å². The third-order valence-electron chi connectivity index (χ3n) is 2.48. The van der Waals surface area contributed by atoms with Crippen LogP contribution in [-0.4, -0.2) is 10.9 Å². The zero-order chi connectivity index (χ0) is 12.2. The summed E-state index contributed by atoms with van der Waals surface area (Å²) >= 11 is 0. The van der Waals surface area contributed by atoms with Crippen LogP contribution in [-0.2, 0) is 4.79 Å². The molecule has 0 fully saturated rings. The monoisotopic (exact) mass is 220 g/mol. The lowest BCUT2D eigenvalue weighted by molar-refractivity contribution is -0.129. The van der Waals surface area contributed by atoms with Gasteiger partial charge in [0.15, 0.2) is 0 Å². The van der Waals surface area contributed by atoms with Gasteiger partial charge in [-0.1, -0.05) is 33.8 Å². The van der Waals surface area contributed by atoms with Crippen LogP contribution in [0.1, 0.15) is 45.7 Å². The lowest BCUT2D eigenvalue weighted by Gasteiger charge is -2.23. The Morgan fingerprint density at radius 1 is 1.50 bits per heavy atom. The maximum Gasteiger partial charge on any atom is 0.225 e. The Morgan fingerprint density at radius 2 is 2.19 bits per heavy atom. The quantitative estimate of drug-likeness (QED) is 0.851. The molecule has 0 aromatic carbocycles. The minimum atomic E-state index is -0.352. The zero-order valence-electron chi connectivity index (χ0n) is 10.4. The number of pyridine rings is 1. The molecular weight excluding hydrogens is 200 g/mol. The predicted molar refractivity (Wildman–Crippen MR) is 64.9 cm³/mol. The first-order valence-electron chi connectivity index (χ1n) is 5.66. The molecule has 0 spiro atoms. The van der Waals surface area contributed by atoms with Gasteiger partial charge in [0.25, 0.3) is 0 Å².